The number of carbonyl (C=O) groups excluding carboxylic acids is 1. The summed E-state index contributed by atoms with van der Waals surface area (Å²) in [6, 6.07) is 7.93. The number of rotatable bonds is 2. The minimum absolute atomic E-state index is 0. The zero-order valence-electron chi connectivity index (χ0n) is 11.0. The van der Waals surface area contributed by atoms with E-state index in [1.807, 2.05) is 29.2 Å². The van der Waals surface area contributed by atoms with Crippen LogP contribution in [0.1, 0.15) is 30.1 Å². The number of hydrogen-bond donors (Lipinski definition) is 1. The molecule has 0 saturated carbocycles. The predicted octanol–water partition coefficient (Wildman–Crippen LogP) is 2.91. The van der Waals surface area contributed by atoms with E-state index in [4.69, 9.17) is 5.73 Å². The van der Waals surface area contributed by atoms with Crippen LogP contribution in [0.15, 0.2) is 24.3 Å². The topological polar surface area (TPSA) is 46.3 Å². The van der Waals surface area contributed by atoms with Gasteiger partial charge in [-0.3, -0.25) is 4.79 Å². The number of hydrogen-bond acceptors (Lipinski definition) is 2. The number of carbonyl (C=O) groups is 1. The molecule has 106 valence electrons. The minimum atomic E-state index is 0. The van der Waals surface area contributed by atoms with E-state index in [9.17, 15) is 4.79 Å². The maximum atomic E-state index is 12.5. The molecule has 1 aromatic rings. The summed E-state index contributed by atoms with van der Waals surface area (Å²) in [7, 11) is 0. The Morgan fingerprint density at radius 3 is 2.63 bits per heavy atom. The smallest absolute Gasteiger partial charge is 0.254 e. The first-order chi connectivity index (χ1) is 8.63. The Bertz CT molecular complexity index is 424. The number of likely N-dealkylation sites (tertiary alicyclic amines) is 1. The number of piperidine rings is 1. The Balaban J connectivity index is 0.00000180. The summed E-state index contributed by atoms with van der Waals surface area (Å²) in [5.74, 6) is 0.616. The highest BCUT2D eigenvalue weighted by Gasteiger charge is 2.31. The summed E-state index contributed by atoms with van der Waals surface area (Å²) in [4.78, 5) is 14.4. The fourth-order valence-electron chi connectivity index (χ4n) is 2.62. The lowest BCUT2D eigenvalue weighted by Gasteiger charge is -2.39. The highest BCUT2D eigenvalue weighted by atomic mass is 127. The van der Waals surface area contributed by atoms with Crippen molar-refractivity contribution < 1.29 is 4.79 Å². The molecular formula is C14H20ClIN2O. The van der Waals surface area contributed by atoms with E-state index < -0.39 is 0 Å². The van der Waals surface area contributed by atoms with Gasteiger partial charge in [-0.15, -0.1) is 12.4 Å². The van der Waals surface area contributed by atoms with Crippen molar-refractivity contribution in [2.75, 3.05) is 13.1 Å². The fraction of sp³-hybridized carbons (Fsp3) is 0.500. The second-order valence-corrected chi connectivity index (χ2v) is 6.17. The first kappa shape index (κ1) is 16.7. The molecule has 3 nitrogen and oxygen atoms in total. The Morgan fingerprint density at radius 2 is 2.05 bits per heavy atom. The molecule has 0 aliphatic carbocycles. The Morgan fingerprint density at radius 1 is 1.42 bits per heavy atom. The van der Waals surface area contributed by atoms with Crippen LogP contribution in [0.2, 0.25) is 0 Å². The van der Waals surface area contributed by atoms with Gasteiger partial charge in [-0.1, -0.05) is 6.92 Å². The Kier molecular flexibility index (Phi) is 6.56. The third-order valence-corrected chi connectivity index (χ3v) is 4.43. The van der Waals surface area contributed by atoms with Gasteiger partial charge in [0.15, 0.2) is 0 Å². The van der Waals surface area contributed by atoms with E-state index in [-0.39, 0.29) is 24.4 Å². The van der Waals surface area contributed by atoms with Gasteiger partial charge in [0, 0.05) is 28.3 Å². The molecule has 1 aliphatic heterocycles. The molecule has 0 aromatic heterocycles. The molecule has 2 atom stereocenters. The van der Waals surface area contributed by atoms with Gasteiger partial charge in [-0.2, -0.15) is 0 Å². The molecule has 19 heavy (non-hydrogen) atoms. The Hall–Kier alpha value is -0.330. The second kappa shape index (κ2) is 7.45. The highest BCUT2D eigenvalue weighted by Crippen LogP contribution is 2.24. The average molecular weight is 395 g/mol. The van der Waals surface area contributed by atoms with E-state index in [0.29, 0.717) is 12.5 Å². The number of halogens is 2. The van der Waals surface area contributed by atoms with Crippen LogP contribution in [-0.2, 0) is 0 Å². The van der Waals surface area contributed by atoms with Gasteiger partial charge in [0.1, 0.15) is 0 Å². The first-order valence-electron chi connectivity index (χ1n) is 6.40. The molecule has 1 aromatic carbocycles. The van der Waals surface area contributed by atoms with E-state index >= 15 is 0 Å². The summed E-state index contributed by atoms with van der Waals surface area (Å²) in [6.45, 7) is 3.57. The summed E-state index contributed by atoms with van der Waals surface area (Å²) in [6.07, 6.45) is 2.24. The van der Waals surface area contributed by atoms with Crippen LogP contribution in [0.25, 0.3) is 0 Å². The summed E-state index contributed by atoms with van der Waals surface area (Å²) in [5, 5.41) is 0. The molecular weight excluding hydrogens is 375 g/mol. The third kappa shape index (κ3) is 3.83. The molecule has 2 unspecified atom stereocenters. The monoisotopic (exact) mass is 394 g/mol. The standard InChI is InChI=1S/C14H19IN2O.ClH/c1-10-3-2-8-17(13(10)9-16)14(18)11-4-6-12(15)7-5-11;/h4-7,10,13H,2-3,8-9,16H2,1H3;1H. The quantitative estimate of drug-likeness (QED) is 0.784. The van der Waals surface area contributed by atoms with Crippen LogP contribution < -0.4 is 5.73 Å². The lowest BCUT2D eigenvalue weighted by molar-refractivity contribution is 0.0532. The van der Waals surface area contributed by atoms with Gasteiger partial charge in [0.25, 0.3) is 5.91 Å². The molecule has 5 heteroatoms. The zero-order chi connectivity index (χ0) is 13.1. The van der Waals surface area contributed by atoms with Gasteiger partial charge < -0.3 is 10.6 Å². The van der Waals surface area contributed by atoms with Crippen molar-refractivity contribution in [1.29, 1.82) is 0 Å². The van der Waals surface area contributed by atoms with Gasteiger partial charge >= 0.3 is 0 Å². The second-order valence-electron chi connectivity index (χ2n) is 4.93. The minimum Gasteiger partial charge on any atom is -0.334 e. The van der Waals surface area contributed by atoms with Gasteiger partial charge in [-0.05, 0) is 65.6 Å². The largest absolute Gasteiger partial charge is 0.334 e. The van der Waals surface area contributed by atoms with Crippen LogP contribution in [0.4, 0.5) is 0 Å². The summed E-state index contributed by atoms with van der Waals surface area (Å²) in [5.41, 5.74) is 6.60. The van der Waals surface area contributed by atoms with Crippen molar-refractivity contribution in [3.05, 3.63) is 33.4 Å². The van der Waals surface area contributed by atoms with Crippen molar-refractivity contribution >= 4 is 40.9 Å². The molecule has 1 heterocycles. The van der Waals surface area contributed by atoms with Crippen molar-refractivity contribution in [3.8, 4) is 0 Å². The molecule has 0 bridgehead atoms. The van der Waals surface area contributed by atoms with E-state index in [1.54, 1.807) is 0 Å². The Labute approximate surface area is 134 Å². The fourth-order valence-corrected chi connectivity index (χ4v) is 2.98. The van der Waals surface area contributed by atoms with Crippen LogP contribution >= 0.6 is 35.0 Å². The normalized spacial score (nSPS) is 22.8. The van der Waals surface area contributed by atoms with E-state index in [1.165, 1.54) is 6.42 Å². The maximum absolute atomic E-state index is 12.5. The van der Waals surface area contributed by atoms with Crippen molar-refractivity contribution in [2.45, 2.75) is 25.8 Å². The highest BCUT2D eigenvalue weighted by molar-refractivity contribution is 14.1. The van der Waals surface area contributed by atoms with Crippen LogP contribution in [0, 0.1) is 9.49 Å². The van der Waals surface area contributed by atoms with Crippen molar-refractivity contribution in [1.82, 2.24) is 4.90 Å². The molecule has 2 N–H and O–H groups in total. The lowest BCUT2D eigenvalue weighted by Crippen LogP contribution is -2.51. The number of benzene rings is 1. The molecule has 0 spiro atoms. The number of nitrogens with zero attached hydrogens (tertiary/aromatic N) is 1. The van der Waals surface area contributed by atoms with Crippen molar-refractivity contribution in [2.24, 2.45) is 11.7 Å². The first-order valence-corrected chi connectivity index (χ1v) is 7.48. The zero-order valence-corrected chi connectivity index (χ0v) is 14.0. The number of nitrogens with two attached hydrogens (primary N) is 1. The van der Waals surface area contributed by atoms with E-state index in [0.717, 1.165) is 22.1 Å². The van der Waals surface area contributed by atoms with Gasteiger partial charge in [0.2, 0.25) is 0 Å². The number of amides is 1. The van der Waals surface area contributed by atoms with E-state index in [2.05, 4.69) is 29.5 Å². The molecule has 1 fully saturated rings. The van der Waals surface area contributed by atoms with Gasteiger partial charge in [-0.25, -0.2) is 0 Å². The molecule has 0 radical (unpaired) electrons. The maximum Gasteiger partial charge on any atom is 0.254 e. The molecule has 2 rings (SSSR count). The lowest BCUT2D eigenvalue weighted by atomic mass is 9.90. The predicted molar refractivity (Wildman–Crippen MR) is 88.7 cm³/mol. The van der Waals surface area contributed by atoms with Crippen LogP contribution in [0.5, 0.6) is 0 Å². The molecule has 1 amide bonds. The molecule has 1 saturated heterocycles. The average Bonchev–Trinajstić information content (AvgIpc) is 2.38. The van der Waals surface area contributed by atoms with Gasteiger partial charge in [0.05, 0.1) is 0 Å². The van der Waals surface area contributed by atoms with Crippen molar-refractivity contribution in [3.63, 3.8) is 0 Å². The summed E-state index contributed by atoms with van der Waals surface area (Å²) < 4.78 is 1.14. The third-order valence-electron chi connectivity index (χ3n) is 3.71. The van der Waals surface area contributed by atoms with Crippen LogP contribution in [-0.4, -0.2) is 29.9 Å². The van der Waals surface area contributed by atoms with Crippen LogP contribution in [0.3, 0.4) is 0 Å². The summed E-state index contributed by atoms with van der Waals surface area (Å²) >= 11 is 2.24. The molecule has 1 aliphatic rings. The SMILES string of the molecule is CC1CCCN(C(=O)c2ccc(I)cc2)C1CN.Cl.